The van der Waals surface area contributed by atoms with Crippen molar-refractivity contribution in [3.8, 4) is 10.9 Å². The van der Waals surface area contributed by atoms with Gasteiger partial charge in [-0.1, -0.05) is 29.9 Å². The van der Waals surface area contributed by atoms with Crippen molar-refractivity contribution in [2.45, 2.75) is 45.6 Å². The van der Waals surface area contributed by atoms with E-state index in [1.165, 1.54) is 24.2 Å². The number of benzene rings is 1. The number of aromatic nitrogens is 1. The Morgan fingerprint density at radius 3 is 2.76 bits per heavy atom. The fraction of sp³-hybridized carbons (Fsp3) is 0.562. The van der Waals surface area contributed by atoms with Crippen LogP contribution in [0.3, 0.4) is 0 Å². The van der Waals surface area contributed by atoms with E-state index in [2.05, 4.69) is 11.9 Å². The number of hydrogen-bond acceptors (Lipinski definition) is 4. The van der Waals surface area contributed by atoms with E-state index >= 15 is 0 Å². The molecular formula is C16H20ClNO2S. The molecule has 1 aliphatic rings. The summed E-state index contributed by atoms with van der Waals surface area (Å²) in [6.07, 6.45) is 4.99. The van der Waals surface area contributed by atoms with Crippen LogP contribution in [0.25, 0.3) is 10.2 Å². The van der Waals surface area contributed by atoms with Gasteiger partial charge in [-0.2, -0.15) is 0 Å². The maximum absolute atomic E-state index is 6.49. The molecule has 3 nitrogen and oxygen atoms in total. The number of rotatable bonds is 4. The number of hydrogen-bond donors (Lipinski definition) is 0. The minimum atomic E-state index is 0.287. The number of thiazole rings is 1. The zero-order valence-electron chi connectivity index (χ0n) is 12.4. The molecule has 0 unspecified atom stereocenters. The maximum Gasteiger partial charge on any atom is 0.274 e. The highest BCUT2D eigenvalue weighted by Crippen LogP contribution is 2.40. The van der Waals surface area contributed by atoms with Gasteiger partial charge < -0.3 is 9.47 Å². The molecule has 21 heavy (non-hydrogen) atoms. The maximum atomic E-state index is 6.49. The summed E-state index contributed by atoms with van der Waals surface area (Å²) < 4.78 is 12.5. The smallest absolute Gasteiger partial charge is 0.274 e. The summed E-state index contributed by atoms with van der Waals surface area (Å²) in [4.78, 5) is 4.42. The molecule has 1 saturated carbocycles. The molecule has 0 bridgehead atoms. The van der Waals surface area contributed by atoms with E-state index in [0.717, 1.165) is 34.7 Å². The summed E-state index contributed by atoms with van der Waals surface area (Å²) >= 11 is 7.97. The van der Waals surface area contributed by atoms with Crippen LogP contribution in [0.4, 0.5) is 0 Å². The third-order valence-electron chi connectivity index (χ3n) is 3.97. The fourth-order valence-corrected chi connectivity index (χ4v) is 3.95. The van der Waals surface area contributed by atoms with Crippen molar-refractivity contribution < 1.29 is 9.47 Å². The number of ether oxygens (including phenoxy) is 2. The zero-order chi connectivity index (χ0) is 14.8. The van der Waals surface area contributed by atoms with Gasteiger partial charge in [0.15, 0.2) is 0 Å². The second-order valence-electron chi connectivity index (χ2n) is 5.64. The normalized spacial score (nSPS) is 22.4. The monoisotopic (exact) mass is 325 g/mol. The Morgan fingerprint density at radius 2 is 2.05 bits per heavy atom. The lowest BCUT2D eigenvalue weighted by Crippen LogP contribution is -2.23. The van der Waals surface area contributed by atoms with Gasteiger partial charge in [-0.3, -0.25) is 0 Å². The number of nitrogens with zero attached hydrogens (tertiary/aromatic N) is 1. The minimum absolute atomic E-state index is 0.287. The SMILES string of the molecule is CCOc1nc2ccc(OC3CCC(C)CC3)c(Cl)c2s1. The van der Waals surface area contributed by atoms with E-state index in [4.69, 9.17) is 21.1 Å². The van der Waals surface area contributed by atoms with Gasteiger partial charge in [-0.15, -0.1) is 0 Å². The first-order valence-corrected chi connectivity index (χ1v) is 8.75. The lowest BCUT2D eigenvalue weighted by atomic mass is 9.89. The Labute approximate surface area is 134 Å². The third kappa shape index (κ3) is 3.27. The van der Waals surface area contributed by atoms with E-state index in [9.17, 15) is 0 Å². The van der Waals surface area contributed by atoms with Crippen LogP contribution >= 0.6 is 22.9 Å². The zero-order valence-corrected chi connectivity index (χ0v) is 14.0. The summed E-state index contributed by atoms with van der Waals surface area (Å²) in [5.41, 5.74) is 0.873. The Kier molecular flexibility index (Phi) is 4.55. The molecule has 3 rings (SSSR count). The van der Waals surface area contributed by atoms with Crippen LogP contribution in [-0.2, 0) is 0 Å². The van der Waals surface area contributed by atoms with Crippen molar-refractivity contribution in [2.24, 2.45) is 5.92 Å². The second kappa shape index (κ2) is 6.41. The van der Waals surface area contributed by atoms with Crippen molar-refractivity contribution in [3.05, 3.63) is 17.2 Å². The Bertz CT molecular complexity index is 620. The first-order chi connectivity index (χ1) is 10.2. The summed E-state index contributed by atoms with van der Waals surface area (Å²) in [6, 6.07) is 3.89. The van der Waals surface area contributed by atoms with E-state index in [1.807, 2.05) is 19.1 Å². The molecular weight excluding hydrogens is 306 g/mol. The third-order valence-corrected chi connectivity index (χ3v) is 5.45. The van der Waals surface area contributed by atoms with Crippen LogP contribution in [0.5, 0.6) is 10.9 Å². The largest absolute Gasteiger partial charge is 0.489 e. The van der Waals surface area contributed by atoms with Crippen molar-refractivity contribution in [3.63, 3.8) is 0 Å². The molecule has 2 aromatic rings. The average Bonchev–Trinajstić information content (AvgIpc) is 2.88. The Morgan fingerprint density at radius 1 is 1.29 bits per heavy atom. The molecule has 0 atom stereocenters. The summed E-state index contributed by atoms with van der Waals surface area (Å²) in [5.74, 6) is 1.59. The van der Waals surface area contributed by atoms with Crippen molar-refractivity contribution in [2.75, 3.05) is 6.61 Å². The first kappa shape index (κ1) is 14.9. The number of halogens is 1. The quantitative estimate of drug-likeness (QED) is 0.763. The predicted molar refractivity (Wildman–Crippen MR) is 87.8 cm³/mol. The molecule has 0 aliphatic heterocycles. The molecule has 1 aromatic heterocycles. The van der Waals surface area contributed by atoms with Gasteiger partial charge in [-0.25, -0.2) is 4.98 Å². The highest BCUT2D eigenvalue weighted by atomic mass is 35.5. The van der Waals surface area contributed by atoms with Crippen LogP contribution in [0, 0.1) is 5.92 Å². The van der Waals surface area contributed by atoms with E-state index in [0.29, 0.717) is 16.8 Å². The van der Waals surface area contributed by atoms with Crippen molar-refractivity contribution in [1.29, 1.82) is 0 Å². The van der Waals surface area contributed by atoms with Gasteiger partial charge in [-0.05, 0) is 50.7 Å². The van der Waals surface area contributed by atoms with Gasteiger partial charge >= 0.3 is 0 Å². The van der Waals surface area contributed by atoms with Crippen LogP contribution < -0.4 is 9.47 Å². The highest BCUT2D eigenvalue weighted by molar-refractivity contribution is 7.20. The van der Waals surface area contributed by atoms with Crippen LogP contribution in [0.1, 0.15) is 39.5 Å². The lowest BCUT2D eigenvalue weighted by molar-refractivity contribution is 0.136. The van der Waals surface area contributed by atoms with Crippen molar-refractivity contribution >= 4 is 33.2 Å². The molecule has 1 heterocycles. The molecule has 0 saturated heterocycles. The van der Waals surface area contributed by atoms with E-state index in [-0.39, 0.29) is 6.10 Å². The van der Waals surface area contributed by atoms with Gasteiger partial charge in [0.05, 0.1) is 22.9 Å². The summed E-state index contributed by atoms with van der Waals surface area (Å²) in [6.45, 7) is 4.87. The van der Waals surface area contributed by atoms with Gasteiger partial charge in [0, 0.05) is 0 Å². The topological polar surface area (TPSA) is 31.4 Å². The Hall–Kier alpha value is -1.000. The van der Waals surface area contributed by atoms with Crippen LogP contribution in [0.15, 0.2) is 12.1 Å². The summed E-state index contributed by atoms with van der Waals surface area (Å²) in [7, 11) is 0. The molecule has 0 spiro atoms. The molecule has 1 fully saturated rings. The van der Waals surface area contributed by atoms with Gasteiger partial charge in [0.25, 0.3) is 5.19 Å². The van der Waals surface area contributed by atoms with E-state index in [1.54, 1.807) is 0 Å². The van der Waals surface area contributed by atoms with E-state index < -0.39 is 0 Å². The van der Waals surface area contributed by atoms with Gasteiger partial charge in [0.2, 0.25) is 0 Å². The predicted octanol–water partition coefficient (Wildman–Crippen LogP) is 5.31. The standard InChI is InChI=1S/C16H20ClNO2S/c1-3-19-16-18-12-8-9-13(14(17)15(12)21-16)20-11-6-4-10(2)5-7-11/h8-11H,3-7H2,1-2H3. The average molecular weight is 326 g/mol. The minimum Gasteiger partial charge on any atom is -0.489 e. The fourth-order valence-electron chi connectivity index (χ4n) is 2.72. The summed E-state index contributed by atoms with van der Waals surface area (Å²) in [5, 5.41) is 1.33. The molecule has 0 radical (unpaired) electrons. The number of fused-ring (bicyclic) bond motifs is 1. The molecule has 0 amide bonds. The van der Waals surface area contributed by atoms with Gasteiger partial charge in [0.1, 0.15) is 10.8 Å². The van der Waals surface area contributed by atoms with Crippen LogP contribution in [0.2, 0.25) is 5.02 Å². The highest BCUT2D eigenvalue weighted by Gasteiger charge is 2.21. The first-order valence-electron chi connectivity index (χ1n) is 7.56. The molecule has 114 valence electrons. The Balaban J connectivity index is 1.80. The molecule has 5 heteroatoms. The molecule has 1 aromatic carbocycles. The second-order valence-corrected chi connectivity index (χ2v) is 6.98. The lowest BCUT2D eigenvalue weighted by Gasteiger charge is -2.27. The molecule has 0 N–H and O–H groups in total. The van der Waals surface area contributed by atoms with Crippen LogP contribution in [-0.4, -0.2) is 17.7 Å². The van der Waals surface area contributed by atoms with Crippen molar-refractivity contribution in [1.82, 2.24) is 4.98 Å². The molecule has 1 aliphatic carbocycles.